The molecule has 20 heavy (non-hydrogen) atoms. The fourth-order valence-electron chi connectivity index (χ4n) is 3.49. The number of aromatic nitrogens is 3. The van der Waals surface area contributed by atoms with E-state index in [1.807, 2.05) is 0 Å². The number of nitrogens with one attached hydrogen (secondary N) is 1. The normalized spacial score (nSPS) is 30.1. The van der Waals surface area contributed by atoms with Crippen molar-refractivity contribution in [3.63, 3.8) is 0 Å². The molecule has 0 aromatic carbocycles. The molecule has 1 N–H and O–H groups in total. The minimum atomic E-state index is 0.225. The van der Waals surface area contributed by atoms with Crippen molar-refractivity contribution in [3.05, 3.63) is 17.6 Å². The number of piperidine rings is 1. The van der Waals surface area contributed by atoms with Crippen LogP contribution in [0.4, 0.5) is 0 Å². The van der Waals surface area contributed by atoms with Gasteiger partial charge in [0.1, 0.15) is 0 Å². The van der Waals surface area contributed by atoms with E-state index in [1.165, 1.54) is 43.4 Å². The molecule has 2 aromatic rings. The van der Waals surface area contributed by atoms with Crippen LogP contribution < -0.4 is 5.32 Å². The van der Waals surface area contributed by atoms with E-state index in [0.29, 0.717) is 11.9 Å². The molecule has 4 rings (SSSR count). The summed E-state index contributed by atoms with van der Waals surface area (Å²) in [6.07, 6.45) is 9.56. The lowest BCUT2D eigenvalue weighted by Crippen LogP contribution is -2.44. The van der Waals surface area contributed by atoms with Crippen LogP contribution in [0.1, 0.15) is 50.5 Å². The topological polar surface area (TPSA) is 63.8 Å². The summed E-state index contributed by atoms with van der Waals surface area (Å²) in [6.45, 7) is 0. The Balaban J connectivity index is 1.50. The number of fused-ring (bicyclic) bond motifs is 1. The highest BCUT2D eigenvalue weighted by molar-refractivity contribution is 7.13. The Morgan fingerprint density at radius 1 is 1.20 bits per heavy atom. The lowest BCUT2D eigenvalue weighted by atomic mass is 9.78. The van der Waals surface area contributed by atoms with Crippen molar-refractivity contribution < 1.29 is 4.52 Å². The molecular formula is C14H18N4OS. The van der Waals surface area contributed by atoms with Crippen LogP contribution in [0.15, 0.2) is 16.2 Å². The molecule has 6 heteroatoms. The first-order valence-corrected chi connectivity index (χ1v) is 8.26. The van der Waals surface area contributed by atoms with Gasteiger partial charge in [-0.3, -0.25) is 4.98 Å². The lowest BCUT2D eigenvalue weighted by Gasteiger charge is -2.39. The summed E-state index contributed by atoms with van der Waals surface area (Å²) in [5.74, 6) is 2.25. The number of nitrogens with zero attached hydrogens (tertiary/aromatic N) is 3. The minimum absolute atomic E-state index is 0.225. The molecule has 2 fully saturated rings. The van der Waals surface area contributed by atoms with Gasteiger partial charge in [-0.05, 0) is 31.6 Å². The van der Waals surface area contributed by atoms with Crippen molar-refractivity contribution in [3.8, 4) is 10.7 Å². The van der Waals surface area contributed by atoms with Crippen LogP contribution in [0.3, 0.4) is 0 Å². The fraction of sp³-hybridized carbons (Fsp3) is 0.643. The van der Waals surface area contributed by atoms with E-state index < -0.39 is 0 Å². The third-order valence-electron chi connectivity index (χ3n) is 4.54. The Morgan fingerprint density at radius 2 is 2.15 bits per heavy atom. The molecule has 3 unspecified atom stereocenters. The maximum absolute atomic E-state index is 5.46. The van der Waals surface area contributed by atoms with Gasteiger partial charge in [0.25, 0.3) is 0 Å². The van der Waals surface area contributed by atoms with Gasteiger partial charge in [0, 0.05) is 12.2 Å². The summed E-state index contributed by atoms with van der Waals surface area (Å²) in [7, 11) is 0. The fourth-order valence-corrected chi connectivity index (χ4v) is 4.04. The first-order valence-electron chi connectivity index (χ1n) is 7.38. The van der Waals surface area contributed by atoms with E-state index in [4.69, 9.17) is 4.52 Å². The maximum Gasteiger partial charge on any atom is 0.244 e. The molecule has 1 aliphatic carbocycles. The zero-order chi connectivity index (χ0) is 13.4. The standard InChI is InChI=1S/C14H18N4OS/c1-2-4-10-9(3-1)5-6-11(16-10)14-17-13(18-19-14)12-7-15-8-20-12/h7-11,16H,1-6H2. The number of thiazole rings is 1. The second-order valence-electron chi connectivity index (χ2n) is 5.77. The monoisotopic (exact) mass is 290 g/mol. The lowest BCUT2D eigenvalue weighted by molar-refractivity contribution is 0.158. The van der Waals surface area contributed by atoms with Crippen LogP contribution >= 0.6 is 11.3 Å². The van der Waals surface area contributed by atoms with Crippen molar-refractivity contribution in [2.24, 2.45) is 5.92 Å². The highest BCUT2D eigenvalue weighted by Gasteiger charge is 2.34. The van der Waals surface area contributed by atoms with Crippen molar-refractivity contribution in [1.82, 2.24) is 20.4 Å². The number of hydrogen-bond donors (Lipinski definition) is 1. The molecule has 1 saturated heterocycles. The predicted octanol–water partition coefficient (Wildman–Crippen LogP) is 3.18. The Labute approximate surface area is 121 Å². The van der Waals surface area contributed by atoms with Gasteiger partial charge in [-0.15, -0.1) is 11.3 Å². The molecule has 5 nitrogen and oxygen atoms in total. The van der Waals surface area contributed by atoms with Crippen molar-refractivity contribution in [2.45, 2.75) is 50.6 Å². The van der Waals surface area contributed by atoms with Gasteiger partial charge in [-0.25, -0.2) is 0 Å². The zero-order valence-corrected chi connectivity index (χ0v) is 12.1. The van der Waals surface area contributed by atoms with Gasteiger partial charge in [-0.1, -0.05) is 18.0 Å². The van der Waals surface area contributed by atoms with E-state index in [1.54, 1.807) is 11.7 Å². The average Bonchev–Trinajstić information content (AvgIpc) is 3.17. The van der Waals surface area contributed by atoms with Gasteiger partial charge in [0.05, 0.1) is 16.4 Å². The van der Waals surface area contributed by atoms with Gasteiger partial charge in [0.2, 0.25) is 11.7 Å². The van der Waals surface area contributed by atoms with Crippen LogP contribution in [0.2, 0.25) is 0 Å². The summed E-state index contributed by atoms with van der Waals surface area (Å²) in [4.78, 5) is 9.56. The van der Waals surface area contributed by atoms with Gasteiger partial charge < -0.3 is 9.84 Å². The Hall–Kier alpha value is -1.27. The summed E-state index contributed by atoms with van der Waals surface area (Å²) in [5, 5.41) is 7.80. The molecule has 0 bridgehead atoms. The van der Waals surface area contributed by atoms with Crippen LogP contribution in [0, 0.1) is 5.92 Å². The molecule has 2 aromatic heterocycles. The predicted molar refractivity (Wildman–Crippen MR) is 76.3 cm³/mol. The quantitative estimate of drug-likeness (QED) is 0.920. The first-order chi connectivity index (χ1) is 9.90. The molecule has 0 spiro atoms. The van der Waals surface area contributed by atoms with E-state index in [9.17, 15) is 0 Å². The van der Waals surface area contributed by atoms with Crippen LogP contribution in [0.5, 0.6) is 0 Å². The Kier molecular flexibility index (Phi) is 3.28. The van der Waals surface area contributed by atoms with E-state index >= 15 is 0 Å². The van der Waals surface area contributed by atoms with E-state index in [2.05, 4.69) is 20.4 Å². The van der Waals surface area contributed by atoms with E-state index in [0.717, 1.165) is 23.1 Å². The molecule has 3 atom stereocenters. The largest absolute Gasteiger partial charge is 0.337 e. The molecular weight excluding hydrogens is 272 g/mol. The summed E-state index contributed by atoms with van der Waals surface area (Å²) >= 11 is 1.54. The number of rotatable bonds is 2. The van der Waals surface area contributed by atoms with Crippen LogP contribution in [-0.2, 0) is 0 Å². The maximum atomic E-state index is 5.46. The first kappa shape index (κ1) is 12.5. The third-order valence-corrected chi connectivity index (χ3v) is 5.31. The van der Waals surface area contributed by atoms with E-state index in [-0.39, 0.29) is 6.04 Å². The molecule has 0 amide bonds. The summed E-state index contributed by atoms with van der Waals surface area (Å²) in [5.41, 5.74) is 1.79. The van der Waals surface area contributed by atoms with Crippen molar-refractivity contribution in [1.29, 1.82) is 0 Å². The Morgan fingerprint density at radius 3 is 3.05 bits per heavy atom. The van der Waals surface area contributed by atoms with Gasteiger partial charge in [0.15, 0.2) is 0 Å². The molecule has 1 aliphatic heterocycles. The van der Waals surface area contributed by atoms with Gasteiger partial charge in [-0.2, -0.15) is 4.98 Å². The smallest absolute Gasteiger partial charge is 0.244 e. The second kappa shape index (κ2) is 5.26. The summed E-state index contributed by atoms with van der Waals surface area (Å²) in [6, 6.07) is 0.866. The van der Waals surface area contributed by atoms with Crippen LogP contribution in [0.25, 0.3) is 10.7 Å². The SMILES string of the molecule is c1ncc(-c2noc(C3CCC4CCCCC4N3)n2)s1. The average molecular weight is 290 g/mol. The molecule has 106 valence electrons. The van der Waals surface area contributed by atoms with Gasteiger partial charge >= 0.3 is 0 Å². The molecule has 0 radical (unpaired) electrons. The molecule has 1 saturated carbocycles. The van der Waals surface area contributed by atoms with Crippen LogP contribution in [-0.4, -0.2) is 21.2 Å². The highest BCUT2D eigenvalue weighted by Crippen LogP contribution is 2.36. The second-order valence-corrected chi connectivity index (χ2v) is 6.66. The summed E-state index contributed by atoms with van der Waals surface area (Å²) < 4.78 is 5.46. The minimum Gasteiger partial charge on any atom is -0.337 e. The Bertz CT molecular complexity index is 568. The molecule has 2 aliphatic rings. The molecule has 3 heterocycles. The van der Waals surface area contributed by atoms with Crippen molar-refractivity contribution >= 4 is 11.3 Å². The van der Waals surface area contributed by atoms with Crippen molar-refractivity contribution in [2.75, 3.05) is 0 Å². The number of hydrogen-bond acceptors (Lipinski definition) is 6. The zero-order valence-electron chi connectivity index (χ0n) is 11.3. The highest BCUT2D eigenvalue weighted by atomic mass is 32.1. The third kappa shape index (κ3) is 2.27.